The highest BCUT2D eigenvalue weighted by Crippen LogP contribution is 2.13. The van der Waals surface area contributed by atoms with E-state index in [0.29, 0.717) is 43.7 Å². The summed E-state index contributed by atoms with van der Waals surface area (Å²) in [4.78, 5) is 19.9. The van der Waals surface area contributed by atoms with Crippen molar-refractivity contribution in [3.8, 4) is 0 Å². The van der Waals surface area contributed by atoms with Gasteiger partial charge in [-0.15, -0.1) is 0 Å². The first-order valence-corrected chi connectivity index (χ1v) is 7.05. The lowest BCUT2D eigenvalue weighted by atomic mass is 10.2. The molecule has 1 aromatic carbocycles. The molecule has 1 aliphatic rings. The minimum absolute atomic E-state index is 0.0699. The van der Waals surface area contributed by atoms with E-state index in [2.05, 4.69) is 4.99 Å². The van der Waals surface area contributed by atoms with Crippen molar-refractivity contribution in [1.29, 1.82) is 0 Å². The highest BCUT2D eigenvalue weighted by molar-refractivity contribution is 6.30. The number of benzene rings is 1. The van der Waals surface area contributed by atoms with Crippen LogP contribution in [0.15, 0.2) is 29.3 Å². The summed E-state index contributed by atoms with van der Waals surface area (Å²) < 4.78 is 0. The van der Waals surface area contributed by atoms with Gasteiger partial charge >= 0.3 is 0 Å². The van der Waals surface area contributed by atoms with Gasteiger partial charge in [-0.1, -0.05) is 23.7 Å². The molecule has 0 radical (unpaired) electrons. The number of hydrogen-bond donors (Lipinski definition) is 1. The second kappa shape index (κ2) is 6.61. The van der Waals surface area contributed by atoms with Crippen molar-refractivity contribution in [3.05, 3.63) is 34.9 Å². The van der Waals surface area contributed by atoms with Crippen molar-refractivity contribution < 1.29 is 4.79 Å². The van der Waals surface area contributed by atoms with Crippen LogP contribution in [0.4, 0.5) is 0 Å². The molecule has 1 amide bonds. The zero-order valence-corrected chi connectivity index (χ0v) is 12.3. The van der Waals surface area contributed by atoms with Crippen LogP contribution in [0.3, 0.4) is 0 Å². The van der Waals surface area contributed by atoms with Crippen molar-refractivity contribution in [2.75, 3.05) is 26.2 Å². The van der Waals surface area contributed by atoms with Gasteiger partial charge in [0.05, 0.1) is 6.54 Å². The molecule has 6 heteroatoms. The molecular formula is C14H19ClN4O. The van der Waals surface area contributed by atoms with E-state index in [1.165, 1.54) is 0 Å². The topological polar surface area (TPSA) is 61.9 Å². The first kappa shape index (κ1) is 14.7. The third-order valence-corrected chi connectivity index (χ3v) is 3.50. The van der Waals surface area contributed by atoms with E-state index in [1.54, 1.807) is 0 Å². The number of piperazine rings is 1. The second-order valence-corrected chi connectivity index (χ2v) is 5.13. The van der Waals surface area contributed by atoms with Crippen LogP contribution in [0, 0.1) is 0 Å². The molecule has 5 nitrogen and oxygen atoms in total. The van der Waals surface area contributed by atoms with Crippen LogP contribution < -0.4 is 5.73 Å². The molecule has 0 saturated carbocycles. The van der Waals surface area contributed by atoms with Crippen LogP contribution >= 0.6 is 11.6 Å². The average molecular weight is 295 g/mol. The lowest BCUT2D eigenvalue weighted by Gasteiger charge is -2.34. The van der Waals surface area contributed by atoms with Crippen LogP contribution in [0.2, 0.25) is 5.02 Å². The highest BCUT2D eigenvalue weighted by atomic mass is 35.5. The minimum atomic E-state index is 0.0699. The summed E-state index contributed by atoms with van der Waals surface area (Å²) in [5, 5.41) is 0.702. The number of hydrogen-bond acceptors (Lipinski definition) is 2. The van der Waals surface area contributed by atoms with Gasteiger partial charge in [0.25, 0.3) is 0 Å². The second-order valence-electron chi connectivity index (χ2n) is 4.70. The monoisotopic (exact) mass is 294 g/mol. The molecule has 0 bridgehead atoms. The van der Waals surface area contributed by atoms with Crippen LogP contribution in [-0.4, -0.2) is 47.8 Å². The molecule has 1 aromatic rings. The minimum Gasteiger partial charge on any atom is -0.370 e. The standard InChI is InChI=1S/C14H19ClN4O/c1-2-17-14(16)19-8-7-18(13(20)10-19)9-11-3-5-12(15)6-4-11/h3-6H,2,7-10H2,1H3,(H2,16,17). The number of amides is 1. The highest BCUT2D eigenvalue weighted by Gasteiger charge is 2.24. The fraction of sp³-hybridized carbons (Fsp3) is 0.429. The quantitative estimate of drug-likeness (QED) is 0.675. The zero-order chi connectivity index (χ0) is 14.5. The Morgan fingerprint density at radius 3 is 2.65 bits per heavy atom. The van der Waals surface area contributed by atoms with Crippen LogP contribution in [0.1, 0.15) is 12.5 Å². The molecule has 108 valence electrons. The molecule has 1 fully saturated rings. The van der Waals surface area contributed by atoms with E-state index in [-0.39, 0.29) is 5.91 Å². The number of carbonyl (C=O) groups is 1. The van der Waals surface area contributed by atoms with E-state index in [4.69, 9.17) is 17.3 Å². The van der Waals surface area contributed by atoms with Gasteiger partial charge in [-0.3, -0.25) is 9.79 Å². The Labute approximate surface area is 124 Å². The molecule has 0 spiro atoms. The summed E-state index contributed by atoms with van der Waals surface area (Å²) >= 11 is 5.85. The zero-order valence-electron chi connectivity index (χ0n) is 11.6. The fourth-order valence-corrected chi connectivity index (χ4v) is 2.27. The molecule has 2 N–H and O–H groups in total. The maximum Gasteiger partial charge on any atom is 0.242 e. The fourth-order valence-electron chi connectivity index (χ4n) is 2.14. The number of guanidine groups is 1. The van der Waals surface area contributed by atoms with Gasteiger partial charge in [0.15, 0.2) is 5.96 Å². The number of nitrogens with two attached hydrogens (primary N) is 1. The van der Waals surface area contributed by atoms with Crippen molar-refractivity contribution in [1.82, 2.24) is 9.80 Å². The van der Waals surface area contributed by atoms with Crippen molar-refractivity contribution in [2.45, 2.75) is 13.5 Å². The van der Waals surface area contributed by atoms with E-state index in [0.717, 1.165) is 5.56 Å². The SMILES string of the molecule is CCN=C(N)N1CCN(Cc2ccc(Cl)cc2)C(=O)C1. The third-order valence-electron chi connectivity index (χ3n) is 3.25. The number of aliphatic imine (C=N–C) groups is 1. The van der Waals surface area contributed by atoms with Crippen molar-refractivity contribution in [3.63, 3.8) is 0 Å². The Kier molecular flexibility index (Phi) is 4.84. The van der Waals surface area contributed by atoms with Crippen molar-refractivity contribution >= 4 is 23.5 Å². The molecule has 0 aromatic heterocycles. The lowest BCUT2D eigenvalue weighted by molar-refractivity contribution is -0.135. The number of nitrogens with zero attached hydrogens (tertiary/aromatic N) is 3. The summed E-state index contributed by atoms with van der Waals surface area (Å²) in [5.74, 6) is 0.521. The summed E-state index contributed by atoms with van der Waals surface area (Å²) in [5.41, 5.74) is 6.90. The van der Waals surface area contributed by atoms with E-state index in [9.17, 15) is 4.79 Å². The largest absolute Gasteiger partial charge is 0.370 e. The predicted octanol–water partition coefficient (Wildman–Crippen LogP) is 1.32. The van der Waals surface area contributed by atoms with Crippen molar-refractivity contribution in [2.24, 2.45) is 10.7 Å². The van der Waals surface area contributed by atoms with E-state index >= 15 is 0 Å². The summed E-state index contributed by atoms with van der Waals surface area (Å²) in [7, 11) is 0. The summed E-state index contributed by atoms with van der Waals surface area (Å²) in [6.07, 6.45) is 0. The molecule has 20 heavy (non-hydrogen) atoms. The Morgan fingerprint density at radius 1 is 1.35 bits per heavy atom. The number of halogens is 1. The molecule has 1 heterocycles. The Bertz CT molecular complexity index is 500. The maximum atomic E-state index is 12.1. The van der Waals surface area contributed by atoms with Gasteiger partial charge < -0.3 is 15.5 Å². The Balaban J connectivity index is 1.95. The summed E-state index contributed by atoms with van der Waals surface area (Å²) in [6, 6.07) is 7.55. The molecule has 1 aliphatic heterocycles. The van der Waals surface area contributed by atoms with Gasteiger partial charge in [0.1, 0.15) is 0 Å². The Morgan fingerprint density at radius 2 is 2.05 bits per heavy atom. The number of rotatable bonds is 3. The maximum absolute atomic E-state index is 12.1. The predicted molar refractivity (Wildman–Crippen MR) is 80.6 cm³/mol. The van der Waals surface area contributed by atoms with Crippen LogP contribution in [-0.2, 0) is 11.3 Å². The summed E-state index contributed by atoms with van der Waals surface area (Å²) in [6.45, 7) is 4.82. The van der Waals surface area contributed by atoms with Gasteiger partial charge in [0, 0.05) is 31.2 Å². The molecule has 1 saturated heterocycles. The third kappa shape index (κ3) is 3.63. The van der Waals surface area contributed by atoms with Gasteiger partial charge in [-0.05, 0) is 24.6 Å². The average Bonchev–Trinajstić information content (AvgIpc) is 2.43. The first-order chi connectivity index (χ1) is 9.60. The van der Waals surface area contributed by atoms with Gasteiger partial charge in [0.2, 0.25) is 5.91 Å². The molecule has 0 unspecified atom stereocenters. The lowest BCUT2D eigenvalue weighted by Crippen LogP contribution is -2.53. The number of carbonyl (C=O) groups excluding carboxylic acids is 1. The molecule has 0 atom stereocenters. The molecule has 0 aliphatic carbocycles. The molecular weight excluding hydrogens is 276 g/mol. The van der Waals surface area contributed by atoms with E-state index < -0.39 is 0 Å². The van der Waals surface area contributed by atoms with E-state index in [1.807, 2.05) is 41.0 Å². The van der Waals surface area contributed by atoms with Gasteiger partial charge in [-0.25, -0.2) is 0 Å². The Hall–Kier alpha value is -1.75. The normalized spacial score (nSPS) is 16.7. The van der Waals surface area contributed by atoms with Crippen LogP contribution in [0.25, 0.3) is 0 Å². The van der Waals surface area contributed by atoms with Crippen LogP contribution in [0.5, 0.6) is 0 Å². The van der Waals surface area contributed by atoms with Gasteiger partial charge in [-0.2, -0.15) is 0 Å². The smallest absolute Gasteiger partial charge is 0.242 e. The first-order valence-electron chi connectivity index (χ1n) is 6.67. The molecule has 2 rings (SSSR count).